The maximum absolute atomic E-state index is 12.2. The van der Waals surface area contributed by atoms with E-state index in [9.17, 15) is 9.59 Å². The Morgan fingerprint density at radius 3 is 3.00 bits per heavy atom. The molecule has 2 aromatic heterocycles. The summed E-state index contributed by atoms with van der Waals surface area (Å²) >= 11 is 1.55. The molecule has 2 heterocycles. The molecule has 0 spiro atoms. The first-order valence-corrected chi connectivity index (χ1v) is 7.57. The van der Waals surface area contributed by atoms with Crippen molar-refractivity contribution in [1.82, 2.24) is 14.7 Å². The van der Waals surface area contributed by atoms with Gasteiger partial charge in [0.2, 0.25) is 5.91 Å². The van der Waals surface area contributed by atoms with Crippen molar-refractivity contribution >= 4 is 33.8 Å². The van der Waals surface area contributed by atoms with Crippen molar-refractivity contribution in [1.29, 1.82) is 0 Å². The van der Waals surface area contributed by atoms with Gasteiger partial charge in [-0.15, -0.1) is 11.3 Å². The molecule has 3 rings (SSSR count). The Hall–Kier alpha value is -2.67. The molecule has 0 fully saturated rings. The molecule has 0 saturated heterocycles. The summed E-state index contributed by atoms with van der Waals surface area (Å²) in [5, 5.41) is 7.44. The van der Waals surface area contributed by atoms with Crippen LogP contribution >= 0.6 is 11.3 Å². The van der Waals surface area contributed by atoms with Gasteiger partial charge in [0.1, 0.15) is 0 Å². The van der Waals surface area contributed by atoms with Crippen molar-refractivity contribution in [2.24, 2.45) is 0 Å². The molecular formula is C15H14N4O2S. The van der Waals surface area contributed by atoms with Crippen molar-refractivity contribution in [3.8, 4) is 0 Å². The van der Waals surface area contributed by atoms with Crippen LogP contribution in [0.5, 0.6) is 0 Å². The highest BCUT2D eigenvalue weighted by molar-refractivity contribution is 7.15. The van der Waals surface area contributed by atoms with Gasteiger partial charge in [0.05, 0.1) is 12.2 Å². The Bertz CT molecular complexity index is 808. The predicted octanol–water partition coefficient (Wildman–Crippen LogP) is 2.28. The number of anilines is 1. The van der Waals surface area contributed by atoms with Gasteiger partial charge in [-0.3, -0.25) is 14.0 Å². The number of nitrogens with one attached hydrogen (secondary N) is 2. The number of amides is 2. The van der Waals surface area contributed by atoms with Crippen LogP contribution in [0.4, 0.5) is 5.69 Å². The van der Waals surface area contributed by atoms with Crippen molar-refractivity contribution in [2.45, 2.75) is 13.5 Å². The van der Waals surface area contributed by atoms with E-state index in [1.165, 1.54) is 6.92 Å². The Morgan fingerprint density at radius 2 is 2.23 bits per heavy atom. The first-order valence-electron chi connectivity index (χ1n) is 6.69. The molecule has 22 heavy (non-hydrogen) atoms. The Balaban J connectivity index is 1.66. The number of rotatable bonds is 4. The third-order valence-corrected chi connectivity index (χ3v) is 3.79. The summed E-state index contributed by atoms with van der Waals surface area (Å²) < 4.78 is 1.92. The SMILES string of the molecule is CC(=O)Nc1cccc(C(=O)NCc2cn3ccsc3n2)c1. The zero-order chi connectivity index (χ0) is 15.5. The first-order chi connectivity index (χ1) is 10.6. The van der Waals surface area contributed by atoms with Crippen LogP contribution in [0.25, 0.3) is 4.96 Å². The van der Waals surface area contributed by atoms with Gasteiger partial charge in [-0.25, -0.2) is 4.98 Å². The summed E-state index contributed by atoms with van der Waals surface area (Å²) in [6.07, 6.45) is 3.81. The van der Waals surface area contributed by atoms with E-state index in [0.29, 0.717) is 17.8 Å². The molecule has 0 unspecified atom stereocenters. The second-order valence-electron chi connectivity index (χ2n) is 4.77. The van der Waals surface area contributed by atoms with E-state index < -0.39 is 0 Å². The summed E-state index contributed by atoms with van der Waals surface area (Å²) in [5.74, 6) is -0.376. The molecule has 112 valence electrons. The summed E-state index contributed by atoms with van der Waals surface area (Å²) in [4.78, 5) is 28.5. The van der Waals surface area contributed by atoms with E-state index >= 15 is 0 Å². The molecule has 0 bridgehead atoms. The molecule has 0 atom stereocenters. The Kier molecular flexibility index (Phi) is 3.88. The van der Waals surface area contributed by atoms with Gasteiger partial charge < -0.3 is 10.6 Å². The lowest BCUT2D eigenvalue weighted by molar-refractivity contribution is -0.114. The molecule has 0 aliphatic carbocycles. The topological polar surface area (TPSA) is 75.5 Å². The van der Waals surface area contributed by atoms with Crippen LogP contribution in [0, 0.1) is 0 Å². The lowest BCUT2D eigenvalue weighted by Gasteiger charge is -2.06. The Labute approximate surface area is 130 Å². The monoisotopic (exact) mass is 314 g/mol. The van der Waals surface area contributed by atoms with Crippen LogP contribution in [-0.2, 0) is 11.3 Å². The van der Waals surface area contributed by atoms with Crippen LogP contribution in [0.15, 0.2) is 42.0 Å². The van der Waals surface area contributed by atoms with Gasteiger partial charge >= 0.3 is 0 Å². The molecule has 6 nitrogen and oxygen atoms in total. The molecule has 3 aromatic rings. The average Bonchev–Trinajstić information content (AvgIpc) is 3.05. The highest BCUT2D eigenvalue weighted by Gasteiger charge is 2.08. The second-order valence-corrected chi connectivity index (χ2v) is 5.64. The van der Waals surface area contributed by atoms with Crippen molar-refractivity contribution in [3.05, 3.63) is 53.3 Å². The number of nitrogens with zero attached hydrogens (tertiary/aromatic N) is 2. The molecule has 1 aromatic carbocycles. The zero-order valence-electron chi connectivity index (χ0n) is 11.9. The smallest absolute Gasteiger partial charge is 0.251 e. The zero-order valence-corrected chi connectivity index (χ0v) is 12.7. The lowest BCUT2D eigenvalue weighted by Crippen LogP contribution is -2.23. The van der Waals surface area contributed by atoms with Gasteiger partial charge in [-0.05, 0) is 18.2 Å². The third kappa shape index (κ3) is 3.15. The number of imidazole rings is 1. The van der Waals surface area contributed by atoms with Crippen LogP contribution in [0.2, 0.25) is 0 Å². The first kappa shape index (κ1) is 14.3. The van der Waals surface area contributed by atoms with Crippen LogP contribution in [0.1, 0.15) is 23.0 Å². The number of hydrogen-bond donors (Lipinski definition) is 2. The summed E-state index contributed by atoms with van der Waals surface area (Å²) in [6.45, 7) is 1.79. The van der Waals surface area contributed by atoms with E-state index in [0.717, 1.165) is 10.7 Å². The summed E-state index contributed by atoms with van der Waals surface area (Å²) in [6, 6.07) is 6.81. The van der Waals surface area contributed by atoms with Gasteiger partial charge in [0.25, 0.3) is 5.91 Å². The number of fused-ring (bicyclic) bond motifs is 1. The van der Waals surface area contributed by atoms with Crippen molar-refractivity contribution < 1.29 is 9.59 Å². The summed E-state index contributed by atoms with van der Waals surface area (Å²) in [7, 11) is 0. The molecular weight excluding hydrogens is 300 g/mol. The highest BCUT2D eigenvalue weighted by Crippen LogP contribution is 2.12. The van der Waals surface area contributed by atoms with Crippen molar-refractivity contribution in [3.63, 3.8) is 0 Å². The van der Waals surface area contributed by atoms with Crippen LogP contribution in [-0.4, -0.2) is 21.2 Å². The van der Waals surface area contributed by atoms with Gasteiger partial charge in [-0.2, -0.15) is 0 Å². The minimum Gasteiger partial charge on any atom is -0.346 e. The highest BCUT2D eigenvalue weighted by atomic mass is 32.1. The predicted molar refractivity (Wildman–Crippen MR) is 85.0 cm³/mol. The average molecular weight is 314 g/mol. The number of carbonyl (C=O) groups is 2. The summed E-state index contributed by atoms with van der Waals surface area (Å²) in [5.41, 5.74) is 1.90. The number of thiazole rings is 1. The van der Waals surface area contributed by atoms with E-state index in [1.807, 2.05) is 22.2 Å². The fourth-order valence-electron chi connectivity index (χ4n) is 2.08. The maximum Gasteiger partial charge on any atom is 0.251 e. The molecule has 0 saturated carbocycles. The van der Waals surface area contributed by atoms with Crippen LogP contribution < -0.4 is 10.6 Å². The number of carbonyl (C=O) groups excluding carboxylic acids is 2. The molecule has 0 radical (unpaired) electrons. The minimum absolute atomic E-state index is 0.171. The van der Waals surface area contributed by atoms with E-state index in [4.69, 9.17) is 0 Å². The molecule has 0 aliphatic rings. The standard InChI is InChI=1S/C15H14N4O2S/c1-10(20)17-12-4-2-3-11(7-12)14(21)16-8-13-9-19-5-6-22-15(19)18-13/h2-7,9H,8H2,1H3,(H,16,21)(H,17,20). The van der Waals surface area contributed by atoms with Gasteiger partial charge in [0.15, 0.2) is 4.96 Å². The van der Waals surface area contributed by atoms with Gasteiger partial charge in [-0.1, -0.05) is 6.07 Å². The number of hydrogen-bond acceptors (Lipinski definition) is 4. The van der Waals surface area contributed by atoms with E-state index in [1.54, 1.807) is 35.6 Å². The normalized spacial score (nSPS) is 10.6. The third-order valence-electron chi connectivity index (χ3n) is 3.02. The quantitative estimate of drug-likeness (QED) is 0.776. The number of aromatic nitrogens is 2. The van der Waals surface area contributed by atoms with Gasteiger partial charge in [0, 0.05) is 35.9 Å². The fraction of sp³-hybridized carbons (Fsp3) is 0.133. The Morgan fingerprint density at radius 1 is 1.36 bits per heavy atom. The molecule has 0 aliphatic heterocycles. The van der Waals surface area contributed by atoms with Crippen molar-refractivity contribution in [2.75, 3.05) is 5.32 Å². The maximum atomic E-state index is 12.2. The molecule has 7 heteroatoms. The number of benzene rings is 1. The van der Waals surface area contributed by atoms with Crippen LogP contribution in [0.3, 0.4) is 0 Å². The molecule has 2 amide bonds. The van der Waals surface area contributed by atoms with E-state index in [2.05, 4.69) is 15.6 Å². The lowest BCUT2D eigenvalue weighted by atomic mass is 10.2. The minimum atomic E-state index is -0.205. The largest absolute Gasteiger partial charge is 0.346 e. The van der Waals surface area contributed by atoms with E-state index in [-0.39, 0.29) is 11.8 Å². The second kappa shape index (κ2) is 5.98. The molecule has 2 N–H and O–H groups in total. The fourth-order valence-corrected chi connectivity index (χ4v) is 2.79.